The van der Waals surface area contributed by atoms with Crippen molar-refractivity contribution in [3.05, 3.63) is 59.7 Å². The van der Waals surface area contributed by atoms with Crippen molar-refractivity contribution >= 4 is 0 Å². The summed E-state index contributed by atoms with van der Waals surface area (Å²) in [5.74, 6) is 0. The van der Waals surface area contributed by atoms with Gasteiger partial charge in [0.05, 0.1) is 5.69 Å². The second-order valence-electron chi connectivity index (χ2n) is 7.12. The Kier molecular flexibility index (Phi) is 6.59. The van der Waals surface area contributed by atoms with Crippen molar-refractivity contribution in [1.82, 2.24) is 15.4 Å². The molecule has 1 aromatic heterocycles. The molecule has 3 heteroatoms. The number of hydrogen-bond acceptors (Lipinski definition) is 2. The SMILES string of the molecule is CCCCCCCCc1cccc(-c2[nH]nnc2-c2ccc(C)cc2)c1. The number of aromatic nitrogens is 3. The van der Waals surface area contributed by atoms with Crippen LogP contribution in [0.5, 0.6) is 0 Å². The van der Waals surface area contributed by atoms with Gasteiger partial charge in [-0.2, -0.15) is 0 Å². The molecule has 0 radical (unpaired) electrons. The van der Waals surface area contributed by atoms with Crippen LogP contribution in [0, 0.1) is 6.92 Å². The largest absolute Gasteiger partial charge is 0.257 e. The molecular formula is C23H29N3. The Labute approximate surface area is 156 Å². The molecule has 1 heterocycles. The Balaban J connectivity index is 1.69. The summed E-state index contributed by atoms with van der Waals surface area (Å²) in [5, 5.41) is 11.5. The van der Waals surface area contributed by atoms with E-state index >= 15 is 0 Å². The maximum atomic E-state index is 4.32. The van der Waals surface area contributed by atoms with Crippen molar-refractivity contribution < 1.29 is 0 Å². The number of H-pyrrole nitrogens is 1. The fourth-order valence-corrected chi connectivity index (χ4v) is 3.33. The number of unbranched alkanes of at least 4 members (excludes halogenated alkanes) is 5. The molecule has 0 aliphatic heterocycles. The molecule has 2 aromatic carbocycles. The molecule has 0 amide bonds. The van der Waals surface area contributed by atoms with Gasteiger partial charge >= 0.3 is 0 Å². The summed E-state index contributed by atoms with van der Waals surface area (Å²) in [6.45, 7) is 4.36. The molecule has 26 heavy (non-hydrogen) atoms. The van der Waals surface area contributed by atoms with Crippen LogP contribution < -0.4 is 0 Å². The molecule has 3 rings (SSSR count). The van der Waals surface area contributed by atoms with Crippen molar-refractivity contribution in [2.24, 2.45) is 0 Å². The van der Waals surface area contributed by atoms with Crippen molar-refractivity contribution in [1.29, 1.82) is 0 Å². The van der Waals surface area contributed by atoms with E-state index in [0.717, 1.165) is 28.9 Å². The lowest BCUT2D eigenvalue weighted by Gasteiger charge is -2.06. The Morgan fingerprint density at radius 1 is 0.846 bits per heavy atom. The fourth-order valence-electron chi connectivity index (χ4n) is 3.33. The summed E-state index contributed by atoms with van der Waals surface area (Å²) in [4.78, 5) is 0. The first kappa shape index (κ1) is 18.4. The average molecular weight is 348 g/mol. The predicted molar refractivity (Wildman–Crippen MR) is 109 cm³/mol. The van der Waals surface area contributed by atoms with E-state index in [1.165, 1.54) is 49.7 Å². The topological polar surface area (TPSA) is 41.6 Å². The lowest BCUT2D eigenvalue weighted by atomic mass is 9.99. The molecule has 0 bridgehead atoms. The highest BCUT2D eigenvalue weighted by Crippen LogP contribution is 2.29. The van der Waals surface area contributed by atoms with Gasteiger partial charge in [0.15, 0.2) is 0 Å². The minimum Gasteiger partial charge on any atom is -0.257 e. The van der Waals surface area contributed by atoms with Crippen LogP contribution in [0.4, 0.5) is 0 Å². The second kappa shape index (κ2) is 9.33. The van der Waals surface area contributed by atoms with Gasteiger partial charge in [0, 0.05) is 11.1 Å². The van der Waals surface area contributed by atoms with Crippen LogP contribution in [0.2, 0.25) is 0 Å². The highest BCUT2D eigenvalue weighted by molar-refractivity contribution is 5.77. The number of hydrogen-bond donors (Lipinski definition) is 1. The van der Waals surface area contributed by atoms with Gasteiger partial charge in [-0.1, -0.05) is 92.3 Å². The van der Waals surface area contributed by atoms with E-state index < -0.39 is 0 Å². The van der Waals surface area contributed by atoms with E-state index in [-0.39, 0.29) is 0 Å². The van der Waals surface area contributed by atoms with Crippen LogP contribution in [0.3, 0.4) is 0 Å². The molecule has 0 fully saturated rings. The van der Waals surface area contributed by atoms with Gasteiger partial charge in [-0.15, -0.1) is 5.10 Å². The summed E-state index contributed by atoms with van der Waals surface area (Å²) in [5.41, 5.74) is 6.82. The Morgan fingerprint density at radius 3 is 2.42 bits per heavy atom. The molecule has 0 saturated heterocycles. The van der Waals surface area contributed by atoms with Crippen molar-refractivity contribution in [2.75, 3.05) is 0 Å². The molecule has 0 unspecified atom stereocenters. The third-order valence-corrected chi connectivity index (χ3v) is 4.91. The maximum Gasteiger partial charge on any atom is 0.120 e. The highest BCUT2D eigenvalue weighted by atomic mass is 15.3. The quantitative estimate of drug-likeness (QED) is 0.458. The van der Waals surface area contributed by atoms with Crippen LogP contribution in [-0.4, -0.2) is 15.4 Å². The van der Waals surface area contributed by atoms with Gasteiger partial charge in [-0.25, -0.2) is 0 Å². The summed E-state index contributed by atoms with van der Waals surface area (Å²) >= 11 is 0. The molecule has 1 N–H and O–H groups in total. The molecule has 136 valence electrons. The van der Waals surface area contributed by atoms with E-state index in [1.807, 2.05) is 0 Å². The summed E-state index contributed by atoms with van der Waals surface area (Å²) in [6.07, 6.45) is 9.13. The van der Waals surface area contributed by atoms with Crippen LogP contribution in [0.15, 0.2) is 48.5 Å². The fraction of sp³-hybridized carbons (Fsp3) is 0.391. The van der Waals surface area contributed by atoms with Crippen LogP contribution in [0.25, 0.3) is 22.5 Å². The monoisotopic (exact) mass is 347 g/mol. The van der Waals surface area contributed by atoms with E-state index in [1.54, 1.807) is 0 Å². The third kappa shape index (κ3) is 4.81. The van der Waals surface area contributed by atoms with Gasteiger partial charge in [-0.3, -0.25) is 5.10 Å². The normalized spacial score (nSPS) is 11.0. The van der Waals surface area contributed by atoms with Gasteiger partial charge < -0.3 is 0 Å². The number of nitrogens with zero attached hydrogens (tertiary/aromatic N) is 2. The maximum absolute atomic E-state index is 4.32. The standard InChI is InChI=1S/C23H29N3/c1-3-4-5-6-7-8-10-19-11-9-12-21(17-19)23-22(24-26-25-23)20-15-13-18(2)14-16-20/h9,11-17H,3-8,10H2,1-2H3,(H,24,25,26). The van der Waals surface area contributed by atoms with E-state index in [9.17, 15) is 0 Å². The van der Waals surface area contributed by atoms with Gasteiger partial charge in [0.1, 0.15) is 5.69 Å². The average Bonchev–Trinajstić information content (AvgIpc) is 3.15. The van der Waals surface area contributed by atoms with Gasteiger partial charge in [0.2, 0.25) is 0 Å². The number of benzene rings is 2. The number of nitrogens with one attached hydrogen (secondary N) is 1. The zero-order valence-corrected chi connectivity index (χ0v) is 16.0. The lowest BCUT2D eigenvalue weighted by Crippen LogP contribution is -1.89. The zero-order valence-electron chi connectivity index (χ0n) is 16.0. The molecule has 0 aliphatic rings. The summed E-state index contributed by atoms with van der Waals surface area (Å²) in [6, 6.07) is 17.2. The Morgan fingerprint density at radius 2 is 1.62 bits per heavy atom. The van der Waals surface area contributed by atoms with Gasteiger partial charge in [0.25, 0.3) is 0 Å². The van der Waals surface area contributed by atoms with E-state index in [2.05, 4.69) is 77.8 Å². The molecule has 0 saturated carbocycles. The predicted octanol–water partition coefficient (Wildman–Crippen LogP) is 6.35. The van der Waals surface area contributed by atoms with E-state index in [4.69, 9.17) is 0 Å². The highest BCUT2D eigenvalue weighted by Gasteiger charge is 2.12. The Hall–Kier alpha value is -2.42. The number of rotatable bonds is 9. The molecule has 3 nitrogen and oxygen atoms in total. The van der Waals surface area contributed by atoms with Crippen molar-refractivity contribution in [3.8, 4) is 22.5 Å². The number of aromatic amines is 1. The van der Waals surface area contributed by atoms with Crippen molar-refractivity contribution in [2.45, 2.75) is 58.8 Å². The van der Waals surface area contributed by atoms with Crippen LogP contribution >= 0.6 is 0 Å². The lowest BCUT2D eigenvalue weighted by molar-refractivity contribution is 0.607. The molecule has 0 spiro atoms. The smallest absolute Gasteiger partial charge is 0.120 e. The van der Waals surface area contributed by atoms with Crippen molar-refractivity contribution in [3.63, 3.8) is 0 Å². The third-order valence-electron chi connectivity index (χ3n) is 4.91. The molecule has 0 aliphatic carbocycles. The van der Waals surface area contributed by atoms with Crippen LogP contribution in [0.1, 0.15) is 56.6 Å². The van der Waals surface area contributed by atoms with Gasteiger partial charge in [-0.05, 0) is 31.4 Å². The minimum atomic E-state index is 0.918. The zero-order chi connectivity index (χ0) is 18.2. The number of aryl methyl sites for hydroxylation is 2. The van der Waals surface area contributed by atoms with Crippen LogP contribution in [-0.2, 0) is 6.42 Å². The molecule has 0 atom stereocenters. The second-order valence-corrected chi connectivity index (χ2v) is 7.12. The minimum absolute atomic E-state index is 0.918. The Bertz CT molecular complexity index is 802. The molecular weight excluding hydrogens is 318 g/mol. The first-order valence-corrected chi connectivity index (χ1v) is 9.85. The summed E-state index contributed by atoms with van der Waals surface area (Å²) in [7, 11) is 0. The summed E-state index contributed by atoms with van der Waals surface area (Å²) < 4.78 is 0. The first-order valence-electron chi connectivity index (χ1n) is 9.85. The van der Waals surface area contributed by atoms with E-state index in [0.29, 0.717) is 0 Å². The molecule has 3 aromatic rings. The first-order chi connectivity index (χ1) is 12.8.